The van der Waals surface area contributed by atoms with Crippen LogP contribution in [-0.4, -0.2) is 35.1 Å². The predicted molar refractivity (Wildman–Crippen MR) is 65.8 cm³/mol. The smallest absolute Gasteiger partial charge is 0.308 e. The first-order valence-electron chi connectivity index (χ1n) is 7.22. The van der Waals surface area contributed by atoms with Gasteiger partial charge in [-0.25, -0.2) is 0 Å². The quantitative estimate of drug-likeness (QED) is 0.801. The van der Waals surface area contributed by atoms with Crippen LogP contribution in [0.2, 0.25) is 0 Å². The van der Waals surface area contributed by atoms with E-state index in [2.05, 4.69) is 4.90 Å². The van der Waals surface area contributed by atoms with E-state index in [9.17, 15) is 9.90 Å². The molecule has 2 saturated carbocycles. The number of hydrogen-bond donors (Lipinski definition) is 1. The van der Waals surface area contributed by atoms with Gasteiger partial charge in [-0.05, 0) is 37.5 Å². The van der Waals surface area contributed by atoms with E-state index in [1.165, 1.54) is 38.8 Å². The van der Waals surface area contributed by atoms with Crippen LogP contribution >= 0.6 is 0 Å². The van der Waals surface area contributed by atoms with Crippen LogP contribution in [0.25, 0.3) is 0 Å². The molecule has 0 amide bonds. The van der Waals surface area contributed by atoms with Crippen LogP contribution < -0.4 is 0 Å². The number of carboxylic acids is 1. The molecule has 1 saturated heterocycles. The third kappa shape index (κ3) is 2.10. The summed E-state index contributed by atoms with van der Waals surface area (Å²) < 4.78 is 0. The van der Waals surface area contributed by atoms with Crippen LogP contribution in [0.1, 0.15) is 44.9 Å². The number of carbonyl (C=O) groups is 1. The van der Waals surface area contributed by atoms with Crippen LogP contribution in [0.15, 0.2) is 0 Å². The molecule has 96 valence electrons. The highest BCUT2D eigenvalue weighted by Crippen LogP contribution is 2.41. The Balaban J connectivity index is 1.68. The van der Waals surface area contributed by atoms with Gasteiger partial charge < -0.3 is 5.11 Å². The zero-order chi connectivity index (χ0) is 11.8. The van der Waals surface area contributed by atoms with E-state index in [0.717, 1.165) is 31.1 Å². The van der Waals surface area contributed by atoms with E-state index >= 15 is 0 Å². The Bertz CT molecular complexity index is 293. The summed E-state index contributed by atoms with van der Waals surface area (Å²) in [6.07, 6.45) is 8.49. The van der Waals surface area contributed by atoms with Gasteiger partial charge in [-0.3, -0.25) is 9.69 Å². The number of nitrogens with zero attached hydrogens (tertiary/aromatic N) is 1. The zero-order valence-electron chi connectivity index (χ0n) is 10.5. The fraction of sp³-hybridized carbons (Fsp3) is 0.929. The minimum Gasteiger partial charge on any atom is -0.481 e. The van der Waals surface area contributed by atoms with Crippen LogP contribution in [0.3, 0.4) is 0 Å². The normalized spacial score (nSPS) is 42.6. The summed E-state index contributed by atoms with van der Waals surface area (Å²) in [4.78, 5) is 13.9. The SMILES string of the molecule is O=C(O)C1CCCCC1N1CC2CCCC2C1. The van der Waals surface area contributed by atoms with Crippen molar-refractivity contribution in [3.63, 3.8) is 0 Å². The third-order valence-corrected chi connectivity index (χ3v) is 5.27. The largest absolute Gasteiger partial charge is 0.481 e. The molecule has 4 atom stereocenters. The summed E-state index contributed by atoms with van der Waals surface area (Å²) in [5.41, 5.74) is 0. The van der Waals surface area contributed by atoms with E-state index < -0.39 is 5.97 Å². The molecule has 4 unspecified atom stereocenters. The Morgan fingerprint density at radius 1 is 0.941 bits per heavy atom. The molecule has 3 heteroatoms. The lowest BCUT2D eigenvalue weighted by Gasteiger charge is -2.36. The standard InChI is InChI=1S/C14H23NO2/c16-14(17)12-6-1-2-7-13(12)15-8-10-4-3-5-11(10)9-15/h10-13H,1-9H2,(H,16,17). The number of carboxylic acid groups (broad SMARTS) is 1. The van der Waals surface area contributed by atoms with E-state index in [1.54, 1.807) is 0 Å². The molecule has 0 aromatic rings. The summed E-state index contributed by atoms with van der Waals surface area (Å²) in [7, 11) is 0. The Morgan fingerprint density at radius 2 is 1.59 bits per heavy atom. The molecular formula is C14H23NO2. The summed E-state index contributed by atoms with van der Waals surface area (Å²) in [6.45, 7) is 2.36. The molecule has 0 aromatic carbocycles. The molecule has 0 spiro atoms. The first kappa shape index (κ1) is 11.5. The van der Waals surface area contributed by atoms with Gasteiger partial charge in [-0.15, -0.1) is 0 Å². The van der Waals surface area contributed by atoms with Gasteiger partial charge in [0.15, 0.2) is 0 Å². The van der Waals surface area contributed by atoms with E-state index in [1.807, 2.05) is 0 Å². The summed E-state index contributed by atoms with van der Waals surface area (Å²) in [5, 5.41) is 9.35. The molecule has 1 N–H and O–H groups in total. The van der Waals surface area contributed by atoms with Crippen molar-refractivity contribution >= 4 is 5.97 Å². The Morgan fingerprint density at radius 3 is 2.24 bits per heavy atom. The average Bonchev–Trinajstić information content (AvgIpc) is 2.88. The number of rotatable bonds is 2. The van der Waals surface area contributed by atoms with Crippen molar-refractivity contribution in [1.82, 2.24) is 4.90 Å². The second-order valence-corrected chi connectivity index (χ2v) is 6.20. The van der Waals surface area contributed by atoms with Crippen molar-refractivity contribution in [3.05, 3.63) is 0 Å². The van der Waals surface area contributed by atoms with Crippen molar-refractivity contribution in [2.45, 2.75) is 51.0 Å². The van der Waals surface area contributed by atoms with Crippen LogP contribution in [0.4, 0.5) is 0 Å². The highest BCUT2D eigenvalue weighted by Gasteiger charge is 2.42. The van der Waals surface area contributed by atoms with Gasteiger partial charge in [-0.2, -0.15) is 0 Å². The van der Waals surface area contributed by atoms with Crippen molar-refractivity contribution in [3.8, 4) is 0 Å². The van der Waals surface area contributed by atoms with Crippen molar-refractivity contribution in [2.24, 2.45) is 17.8 Å². The second kappa shape index (κ2) is 4.60. The topological polar surface area (TPSA) is 40.5 Å². The molecule has 1 aliphatic heterocycles. The predicted octanol–water partition coefficient (Wildman–Crippen LogP) is 2.36. The first-order valence-corrected chi connectivity index (χ1v) is 7.22. The Kier molecular flexibility index (Phi) is 3.12. The summed E-state index contributed by atoms with van der Waals surface area (Å²) >= 11 is 0. The molecule has 0 bridgehead atoms. The lowest BCUT2D eigenvalue weighted by atomic mass is 9.83. The van der Waals surface area contributed by atoms with Gasteiger partial charge >= 0.3 is 5.97 Å². The average molecular weight is 237 g/mol. The molecule has 0 aromatic heterocycles. The first-order chi connectivity index (χ1) is 8.25. The maximum atomic E-state index is 11.3. The maximum absolute atomic E-state index is 11.3. The van der Waals surface area contributed by atoms with Gasteiger partial charge in [-0.1, -0.05) is 19.3 Å². The fourth-order valence-electron chi connectivity index (χ4n) is 4.38. The van der Waals surface area contributed by atoms with Gasteiger partial charge in [0, 0.05) is 19.1 Å². The minimum atomic E-state index is -0.563. The van der Waals surface area contributed by atoms with Gasteiger partial charge in [0.2, 0.25) is 0 Å². The number of fused-ring (bicyclic) bond motifs is 1. The molecule has 3 aliphatic rings. The van der Waals surface area contributed by atoms with Crippen molar-refractivity contribution in [1.29, 1.82) is 0 Å². The molecular weight excluding hydrogens is 214 g/mol. The summed E-state index contributed by atoms with van der Waals surface area (Å²) in [6, 6.07) is 0.340. The monoisotopic (exact) mass is 237 g/mol. The van der Waals surface area contributed by atoms with E-state index in [-0.39, 0.29) is 5.92 Å². The lowest BCUT2D eigenvalue weighted by Crippen LogP contribution is -2.44. The van der Waals surface area contributed by atoms with Gasteiger partial charge in [0.25, 0.3) is 0 Å². The molecule has 2 aliphatic carbocycles. The molecule has 3 nitrogen and oxygen atoms in total. The molecule has 3 rings (SSSR count). The van der Waals surface area contributed by atoms with E-state index in [4.69, 9.17) is 0 Å². The van der Waals surface area contributed by atoms with Gasteiger partial charge in [0.05, 0.1) is 5.92 Å². The van der Waals surface area contributed by atoms with E-state index in [0.29, 0.717) is 6.04 Å². The second-order valence-electron chi connectivity index (χ2n) is 6.20. The van der Waals surface area contributed by atoms with Crippen LogP contribution in [0, 0.1) is 17.8 Å². The number of hydrogen-bond acceptors (Lipinski definition) is 2. The van der Waals surface area contributed by atoms with Crippen LogP contribution in [-0.2, 0) is 4.79 Å². The Labute approximate surface area is 103 Å². The molecule has 0 radical (unpaired) electrons. The maximum Gasteiger partial charge on any atom is 0.308 e. The fourth-order valence-corrected chi connectivity index (χ4v) is 4.38. The lowest BCUT2D eigenvalue weighted by molar-refractivity contribution is -0.145. The molecule has 3 fully saturated rings. The zero-order valence-corrected chi connectivity index (χ0v) is 10.5. The van der Waals surface area contributed by atoms with Gasteiger partial charge in [0.1, 0.15) is 0 Å². The minimum absolute atomic E-state index is 0.0948. The van der Waals surface area contributed by atoms with Crippen LogP contribution in [0.5, 0.6) is 0 Å². The Hall–Kier alpha value is -0.570. The van der Waals surface area contributed by atoms with Crippen molar-refractivity contribution in [2.75, 3.05) is 13.1 Å². The summed E-state index contributed by atoms with van der Waals surface area (Å²) in [5.74, 6) is 1.10. The van der Waals surface area contributed by atoms with Crippen molar-refractivity contribution < 1.29 is 9.90 Å². The number of aliphatic carboxylic acids is 1. The number of likely N-dealkylation sites (tertiary alicyclic amines) is 1. The molecule has 17 heavy (non-hydrogen) atoms. The highest BCUT2D eigenvalue weighted by molar-refractivity contribution is 5.71. The highest BCUT2D eigenvalue weighted by atomic mass is 16.4. The third-order valence-electron chi connectivity index (χ3n) is 5.27. The molecule has 1 heterocycles.